The summed E-state index contributed by atoms with van der Waals surface area (Å²) in [6, 6.07) is 10.2. The minimum Gasteiger partial charge on any atom is -0.446 e. The number of thiophene rings is 1. The van der Waals surface area contributed by atoms with Crippen LogP contribution in [0.5, 0.6) is 10.8 Å². The number of aryl methyl sites for hydroxylation is 2. The minimum atomic E-state index is 0.906. The molecule has 1 heterocycles. The molecule has 0 aliphatic carbocycles. The molecule has 0 N–H and O–H groups in total. The van der Waals surface area contributed by atoms with Crippen LogP contribution in [0.1, 0.15) is 16.0 Å². The van der Waals surface area contributed by atoms with Crippen LogP contribution in [-0.4, -0.2) is 0 Å². The molecule has 82 valence electrons. The molecule has 0 fully saturated rings. The summed E-state index contributed by atoms with van der Waals surface area (Å²) >= 11 is 1.60. The van der Waals surface area contributed by atoms with Gasteiger partial charge < -0.3 is 4.74 Å². The van der Waals surface area contributed by atoms with E-state index >= 15 is 0 Å². The van der Waals surface area contributed by atoms with Gasteiger partial charge in [0.1, 0.15) is 5.75 Å². The van der Waals surface area contributed by atoms with Crippen LogP contribution in [0.15, 0.2) is 36.9 Å². The third kappa shape index (κ3) is 2.34. The van der Waals surface area contributed by atoms with Crippen LogP contribution in [0.4, 0.5) is 0 Å². The van der Waals surface area contributed by atoms with E-state index in [0.717, 1.165) is 21.3 Å². The molecule has 0 radical (unpaired) electrons. The predicted molar refractivity (Wildman–Crippen MR) is 70.4 cm³/mol. The first-order valence-corrected chi connectivity index (χ1v) is 5.98. The van der Waals surface area contributed by atoms with Gasteiger partial charge in [-0.05, 0) is 43.2 Å². The lowest BCUT2D eigenvalue weighted by atomic mass is 10.1. The Labute approximate surface area is 100 Å². The summed E-state index contributed by atoms with van der Waals surface area (Å²) in [5.41, 5.74) is 2.36. The first-order valence-electron chi connectivity index (χ1n) is 5.16. The van der Waals surface area contributed by atoms with E-state index in [-0.39, 0.29) is 0 Å². The minimum absolute atomic E-state index is 0.906. The van der Waals surface area contributed by atoms with Crippen molar-refractivity contribution in [2.24, 2.45) is 0 Å². The maximum absolute atomic E-state index is 5.84. The van der Waals surface area contributed by atoms with E-state index in [1.54, 1.807) is 11.3 Å². The van der Waals surface area contributed by atoms with E-state index in [4.69, 9.17) is 4.74 Å². The highest BCUT2D eigenvalue weighted by atomic mass is 32.1. The van der Waals surface area contributed by atoms with Crippen molar-refractivity contribution in [1.29, 1.82) is 0 Å². The van der Waals surface area contributed by atoms with Crippen LogP contribution >= 0.6 is 11.3 Å². The normalized spacial score (nSPS) is 10.1. The fourth-order valence-electron chi connectivity index (χ4n) is 1.42. The van der Waals surface area contributed by atoms with Crippen LogP contribution < -0.4 is 4.74 Å². The topological polar surface area (TPSA) is 9.23 Å². The maximum atomic E-state index is 5.84. The van der Waals surface area contributed by atoms with Crippen LogP contribution in [-0.2, 0) is 0 Å². The monoisotopic (exact) mass is 230 g/mol. The van der Waals surface area contributed by atoms with Gasteiger partial charge in [-0.1, -0.05) is 36.1 Å². The standard InChI is InChI=1S/C14H14OS/c1-4-12-7-8-14(16-12)15-13-9-10(2)5-6-11(13)3/h4-9H,1H2,2-3H3. The summed E-state index contributed by atoms with van der Waals surface area (Å²) in [7, 11) is 0. The average Bonchev–Trinajstić information content (AvgIpc) is 2.71. The van der Waals surface area contributed by atoms with Crippen molar-refractivity contribution in [3.05, 3.63) is 52.9 Å². The van der Waals surface area contributed by atoms with Gasteiger partial charge in [0, 0.05) is 4.88 Å². The van der Waals surface area contributed by atoms with Crippen molar-refractivity contribution in [2.75, 3.05) is 0 Å². The lowest BCUT2D eigenvalue weighted by Gasteiger charge is -2.07. The van der Waals surface area contributed by atoms with Gasteiger partial charge in [-0.3, -0.25) is 0 Å². The van der Waals surface area contributed by atoms with Crippen molar-refractivity contribution in [1.82, 2.24) is 0 Å². The molecule has 0 saturated carbocycles. The first kappa shape index (κ1) is 11.0. The molecule has 1 aromatic heterocycles. The van der Waals surface area contributed by atoms with Gasteiger partial charge in [0.05, 0.1) is 0 Å². The summed E-state index contributed by atoms with van der Waals surface area (Å²) in [5, 5.41) is 0.906. The third-order valence-electron chi connectivity index (χ3n) is 2.36. The average molecular weight is 230 g/mol. The zero-order valence-electron chi connectivity index (χ0n) is 9.49. The lowest BCUT2D eigenvalue weighted by Crippen LogP contribution is -1.85. The molecule has 0 amide bonds. The highest BCUT2D eigenvalue weighted by molar-refractivity contribution is 7.14. The van der Waals surface area contributed by atoms with E-state index < -0.39 is 0 Å². The second kappa shape index (κ2) is 4.54. The predicted octanol–water partition coefficient (Wildman–Crippen LogP) is 4.80. The number of benzene rings is 1. The highest BCUT2D eigenvalue weighted by Gasteiger charge is 2.03. The summed E-state index contributed by atoms with van der Waals surface area (Å²) < 4.78 is 5.84. The third-order valence-corrected chi connectivity index (χ3v) is 3.32. The van der Waals surface area contributed by atoms with E-state index in [1.807, 2.05) is 18.2 Å². The molecular formula is C14H14OS. The van der Waals surface area contributed by atoms with Gasteiger partial charge in [0.2, 0.25) is 0 Å². The van der Waals surface area contributed by atoms with Crippen LogP contribution in [0, 0.1) is 13.8 Å². The molecule has 0 bridgehead atoms. The van der Waals surface area contributed by atoms with Crippen molar-refractivity contribution in [2.45, 2.75) is 13.8 Å². The second-order valence-corrected chi connectivity index (χ2v) is 4.81. The zero-order chi connectivity index (χ0) is 11.5. The molecule has 2 rings (SSSR count). The Bertz CT molecular complexity index is 511. The zero-order valence-corrected chi connectivity index (χ0v) is 10.3. The molecule has 0 aliphatic heterocycles. The fraction of sp³-hybridized carbons (Fsp3) is 0.143. The molecule has 2 heteroatoms. The van der Waals surface area contributed by atoms with Gasteiger partial charge in [0.15, 0.2) is 5.06 Å². The van der Waals surface area contributed by atoms with Crippen LogP contribution in [0.2, 0.25) is 0 Å². The Hall–Kier alpha value is -1.54. The van der Waals surface area contributed by atoms with Gasteiger partial charge in [-0.25, -0.2) is 0 Å². The number of ether oxygens (including phenoxy) is 1. The molecule has 0 saturated heterocycles. The maximum Gasteiger partial charge on any atom is 0.181 e. The molecule has 0 atom stereocenters. The van der Waals surface area contributed by atoms with E-state index in [1.165, 1.54) is 5.56 Å². The Kier molecular flexibility index (Phi) is 3.11. The first-order chi connectivity index (χ1) is 7.69. The molecule has 0 unspecified atom stereocenters. The van der Waals surface area contributed by atoms with Crippen LogP contribution in [0.3, 0.4) is 0 Å². The van der Waals surface area contributed by atoms with E-state index in [0.29, 0.717) is 0 Å². The largest absolute Gasteiger partial charge is 0.446 e. The Morgan fingerprint density at radius 3 is 2.69 bits per heavy atom. The number of rotatable bonds is 3. The van der Waals surface area contributed by atoms with E-state index in [2.05, 4.69) is 38.6 Å². The number of hydrogen-bond donors (Lipinski definition) is 0. The SMILES string of the molecule is C=Cc1ccc(Oc2cc(C)ccc2C)s1. The second-order valence-electron chi connectivity index (χ2n) is 3.73. The molecule has 1 aromatic carbocycles. The molecule has 2 aromatic rings. The van der Waals surface area contributed by atoms with Crippen molar-refractivity contribution in [3.8, 4) is 10.8 Å². The molecule has 1 nitrogen and oxygen atoms in total. The number of hydrogen-bond acceptors (Lipinski definition) is 2. The van der Waals surface area contributed by atoms with Gasteiger partial charge in [-0.2, -0.15) is 0 Å². The van der Waals surface area contributed by atoms with Crippen LogP contribution in [0.25, 0.3) is 6.08 Å². The molecule has 0 spiro atoms. The lowest BCUT2D eigenvalue weighted by molar-refractivity contribution is 0.492. The van der Waals surface area contributed by atoms with Gasteiger partial charge in [-0.15, -0.1) is 0 Å². The summed E-state index contributed by atoms with van der Waals surface area (Å²) in [6.45, 7) is 7.86. The van der Waals surface area contributed by atoms with Gasteiger partial charge in [0.25, 0.3) is 0 Å². The Balaban J connectivity index is 2.26. The van der Waals surface area contributed by atoms with Crippen molar-refractivity contribution in [3.63, 3.8) is 0 Å². The fourth-order valence-corrected chi connectivity index (χ4v) is 2.14. The smallest absolute Gasteiger partial charge is 0.181 e. The van der Waals surface area contributed by atoms with E-state index in [9.17, 15) is 0 Å². The Morgan fingerprint density at radius 1 is 1.19 bits per heavy atom. The quantitative estimate of drug-likeness (QED) is 0.736. The van der Waals surface area contributed by atoms with Gasteiger partial charge >= 0.3 is 0 Å². The molecular weight excluding hydrogens is 216 g/mol. The summed E-state index contributed by atoms with van der Waals surface area (Å²) in [4.78, 5) is 1.13. The Morgan fingerprint density at radius 2 is 2.00 bits per heavy atom. The molecule has 16 heavy (non-hydrogen) atoms. The van der Waals surface area contributed by atoms with Crippen molar-refractivity contribution < 1.29 is 4.74 Å². The highest BCUT2D eigenvalue weighted by Crippen LogP contribution is 2.32. The summed E-state index contributed by atoms with van der Waals surface area (Å²) in [5.74, 6) is 0.928. The van der Waals surface area contributed by atoms with Crippen molar-refractivity contribution >= 4 is 17.4 Å². The summed E-state index contributed by atoms with van der Waals surface area (Å²) in [6.07, 6.45) is 1.83. The molecule has 0 aliphatic rings.